The van der Waals surface area contributed by atoms with E-state index in [4.69, 9.17) is 0 Å². The summed E-state index contributed by atoms with van der Waals surface area (Å²) >= 11 is 0. The Hall–Kier alpha value is -1.85. The summed E-state index contributed by atoms with van der Waals surface area (Å²) in [5, 5.41) is 3.15. The van der Waals surface area contributed by atoms with Gasteiger partial charge in [0.1, 0.15) is 5.69 Å². The maximum Gasteiger partial charge on any atom is 0.287 e. The average molecular weight is 361 g/mol. The summed E-state index contributed by atoms with van der Waals surface area (Å²) in [5.41, 5.74) is 1.43. The van der Waals surface area contributed by atoms with Gasteiger partial charge in [-0.15, -0.1) is 0 Å². The van der Waals surface area contributed by atoms with Crippen molar-refractivity contribution in [3.05, 3.63) is 17.2 Å². The number of imidazole rings is 1. The summed E-state index contributed by atoms with van der Waals surface area (Å²) in [6, 6.07) is 0.249. The zero-order chi connectivity index (χ0) is 18.5. The highest BCUT2D eigenvalue weighted by Crippen LogP contribution is 2.23. The SMILES string of the molecule is CCCCN(C)C(=O)c1nc(C(=O)NC2CCCCC2)n2c1CCCC2. The van der Waals surface area contributed by atoms with Crippen LogP contribution in [0.4, 0.5) is 0 Å². The van der Waals surface area contributed by atoms with Gasteiger partial charge in [-0.1, -0.05) is 32.6 Å². The summed E-state index contributed by atoms with van der Waals surface area (Å²) in [4.78, 5) is 32.0. The number of nitrogens with zero attached hydrogens (tertiary/aromatic N) is 3. The first-order chi connectivity index (χ1) is 12.6. The number of carbonyl (C=O) groups is 2. The highest BCUT2D eigenvalue weighted by Gasteiger charge is 2.29. The molecule has 1 aliphatic carbocycles. The fourth-order valence-electron chi connectivity index (χ4n) is 4.06. The van der Waals surface area contributed by atoms with Gasteiger partial charge in [-0.3, -0.25) is 9.59 Å². The lowest BCUT2D eigenvalue weighted by molar-refractivity contribution is 0.0786. The third-order valence-electron chi connectivity index (χ3n) is 5.66. The van der Waals surface area contributed by atoms with E-state index in [1.165, 1.54) is 19.3 Å². The molecule has 2 heterocycles. The van der Waals surface area contributed by atoms with Crippen LogP contribution in [-0.2, 0) is 13.0 Å². The maximum atomic E-state index is 12.9. The van der Waals surface area contributed by atoms with Crippen LogP contribution in [0.1, 0.15) is 91.5 Å². The molecule has 0 unspecified atom stereocenters. The van der Waals surface area contributed by atoms with E-state index in [1.54, 1.807) is 4.90 Å². The molecule has 0 saturated heterocycles. The number of unbranched alkanes of at least 4 members (excludes halogenated alkanes) is 1. The Morgan fingerprint density at radius 2 is 1.96 bits per heavy atom. The molecule has 0 aromatic carbocycles. The third kappa shape index (κ3) is 4.10. The Bertz CT molecular complexity index is 646. The molecule has 26 heavy (non-hydrogen) atoms. The largest absolute Gasteiger partial charge is 0.347 e. The molecule has 144 valence electrons. The van der Waals surface area contributed by atoms with E-state index in [9.17, 15) is 9.59 Å². The van der Waals surface area contributed by atoms with Crippen molar-refractivity contribution in [3.63, 3.8) is 0 Å². The second-order valence-electron chi connectivity index (χ2n) is 7.73. The molecule has 6 nitrogen and oxygen atoms in total. The van der Waals surface area contributed by atoms with Crippen molar-refractivity contribution in [1.29, 1.82) is 0 Å². The van der Waals surface area contributed by atoms with Crippen LogP contribution >= 0.6 is 0 Å². The van der Waals surface area contributed by atoms with Crippen LogP contribution in [0, 0.1) is 0 Å². The maximum absolute atomic E-state index is 12.9. The fraction of sp³-hybridized carbons (Fsp3) is 0.750. The first kappa shape index (κ1) is 18.9. The molecule has 1 aliphatic heterocycles. The van der Waals surface area contributed by atoms with E-state index in [2.05, 4.69) is 17.2 Å². The third-order valence-corrected chi connectivity index (χ3v) is 5.66. The van der Waals surface area contributed by atoms with Crippen molar-refractivity contribution in [2.24, 2.45) is 0 Å². The van der Waals surface area contributed by atoms with Gasteiger partial charge in [0.25, 0.3) is 11.8 Å². The molecule has 0 spiro atoms. The van der Waals surface area contributed by atoms with Crippen molar-refractivity contribution in [2.45, 2.75) is 83.7 Å². The number of amides is 2. The van der Waals surface area contributed by atoms with Gasteiger partial charge in [-0.2, -0.15) is 0 Å². The molecule has 1 N–H and O–H groups in total. The molecule has 2 aliphatic rings. The summed E-state index contributed by atoms with van der Waals surface area (Å²) in [7, 11) is 1.83. The second kappa shape index (κ2) is 8.69. The molecular weight excluding hydrogens is 328 g/mol. The monoisotopic (exact) mass is 360 g/mol. The Morgan fingerprint density at radius 1 is 1.19 bits per heavy atom. The van der Waals surface area contributed by atoms with Crippen LogP contribution in [-0.4, -0.2) is 45.9 Å². The van der Waals surface area contributed by atoms with Crippen LogP contribution in [0.15, 0.2) is 0 Å². The van der Waals surface area contributed by atoms with E-state index >= 15 is 0 Å². The van der Waals surface area contributed by atoms with Crippen LogP contribution in [0.3, 0.4) is 0 Å². The summed E-state index contributed by atoms with van der Waals surface area (Å²) in [6.45, 7) is 3.62. The summed E-state index contributed by atoms with van der Waals surface area (Å²) in [6.07, 6.45) is 10.6. The molecule has 6 heteroatoms. The van der Waals surface area contributed by atoms with Crippen molar-refractivity contribution < 1.29 is 9.59 Å². The lowest BCUT2D eigenvalue weighted by atomic mass is 9.95. The predicted octanol–water partition coefficient (Wildman–Crippen LogP) is 3.15. The topological polar surface area (TPSA) is 67.2 Å². The average Bonchev–Trinajstić information content (AvgIpc) is 3.06. The molecule has 0 bridgehead atoms. The smallest absolute Gasteiger partial charge is 0.287 e. The number of hydrogen-bond acceptors (Lipinski definition) is 3. The van der Waals surface area contributed by atoms with Gasteiger partial charge in [0.2, 0.25) is 0 Å². The number of rotatable bonds is 6. The van der Waals surface area contributed by atoms with Crippen molar-refractivity contribution in [2.75, 3.05) is 13.6 Å². The molecule has 1 aromatic heterocycles. The zero-order valence-corrected chi connectivity index (χ0v) is 16.2. The fourth-order valence-corrected chi connectivity index (χ4v) is 4.06. The van der Waals surface area contributed by atoms with Gasteiger partial charge in [-0.05, 0) is 38.5 Å². The van der Waals surface area contributed by atoms with Crippen LogP contribution < -0.4 is 5.32 Å². The number of carbonyl (C=O) groups excluding carboxylic acids is 2. The molecular formula is C20H32N4O2. The van der Waals surface area contributed by atoms with E-state index in [0.29, 0.717) is 11.5 Å². The quantitative estimate of drug-likeness (QED) is 0.847. The standard InChI is InChI=1S/C20H32N4O2/c1-3-4-13-23(2)20(26)17-16-12-8-9-14-24(16)18(22-17)19(25)21-15-10-6-5-7-11-15/h15H,3-14H2,1-2H3,(H,21,25). The van der Waals surface area contributed by atoms with Crippen LogP contribution in [0.25, 0.3) is 0 Å². The molecule has 1 fully saturated rings. The minimum absolute atomic E-state index is 0.0548. The van der Waals surface area contributed by atoms with Gasteiger partial charge in [-0.25, -0.2) is 4.98 Å². The molecule has 1 aromatic rings. The molecule has 1 saturated carbocycles. The Kier molecular flexibility index (Phi) is 6.33. The van der Waals surface area contributed by atoms with Gasteiger partial charge >= 0.3 is 0 Å². The number of aromatic nitrogens is 2. The first-order valence-electron chi connectivity index (χ1n) is 10.3. The van der Waals surface area contributed by atoms with Gasteiger partial charge in [0.15, 0.2) is 5.82 Å². The Labute approximate surface area is 156 Å². The summed E-state index contributed by atoms with van der Waals surface area (Å²) < 4.78 is 1.99. The van der Waals surface area contributed by atoms with Gasteiger partial charge in [0, 0.05) is 26.2 Å². The van der Waals surface area contributed by atoms with E-state index in [0.717, 1.165) is 63.7 Å². The number of fused-ring (bicyclic) bond motifs is 1. The van der Waals surface area contributed by atoms with Gasteiger partial charge < -0.3 is 14.8 Å². The Morgan fingerprint density at radius 3 is 2.69 bits per heavy atom. The minimum Gasteiger partial charge on any atom is -0.347 e. The molecule has 0 atom stereocenters. The van der Waals surface area contributed by atoms with Crippen molar-refractivity contribution in [1.82, 2.24) is 19.8 Å². The van der Waals surface area contributed by atoms with Crippen LogP contribution in [0.5, 0.6) is 0 Å². The van der Waals surface area contributed by atoms with E-state index in [-0.39, 0.29) is 17.9 Å². The highest BCUT2D eigenvalue weighted by atomic mass is 16.2. The summed E-state index contributed by atoms with van der Waals surface area (Å²) in [5.74, 6) is 0.258. The normalized spacial score (nSPS) is 17.6. The van der Waals surface area contributed by atoms with E-state index < -0.39 is 0 Å². The predicted molar refractivity (Wildman–Crippen MR) is 101 cm³/mol. The van der Waals surface area contributed by atoms with Crippen molar-refractivity contribution in [3.8, 4) is 0 Å². The lowest BCUT2D eigenvalue weighted by Crippen LogP contribution is -2.37. The van der Waals surface area contributed by atoms with Crippen LogP contribution in [0.2, 0.25) is 0 Å². The highest BCUT2D eigenvalue weighted by molar-refractivity contribution is 5.97. The second-order valence-corrected chi connectivity index (χ2v) is 7.73. The Balaban J connectivity index is 1.80. The number of hydrogen-bond donors (Lipinski definition) is 1. The van der Waals surface area contributed by atoms with E-state index in [1.807, 2.05) is 11.6 Å². The van der Waals surface area contributed by atoms with Crippen molar-refractivity contribution >= 4 is 11.8 Å². The zero-order valence-electron chi connectivity index (χ0n) is 16.2. The molecule has 2 amide bonds. The number of nitrogens with one attached hydrogen (secondary N) is 1. The molecule has 0 radical (unpaired) electrons. The first-order valence-corrected chi connectivity index (χ1v) is 10.3. The molecule has 3 rings (SSSR count). The minimum atomic E-state index is -0.115. The van der Waals surface area contributed by atoms with Gasteiger partial charge in [0.05, 0.1) is 5.69 Å². The lowest BCUT2D eigenvalue weighted by Gasteiger charge is -2.23.